The highest BCUT2D eigenvalue weighted by Gasteiger charge is 2.20. The third-order valence-corrected chi connectivity index (χ3v) is 5.04. The summed E-state index contributed by atoms with van der Waals surface area (Å²) in [7, 11) is -0.672. The van der Waals surface area contributed by atoms with Gasteiger partial charge >= 0.3 is 0 Å². The van der Waals surface area contributed by atoms with E-state index >= 15 is 0 Å². The van der Waals surface area contributed by atoms with Crippen molar-refractivity contribution < 1.29 is 8.95 Å². The van der Waals surface area contributed by atoms with Gasteiger partial charge in [0, 0.05) is 41.4 Å². The van der Waals surface area contributed by atoms with Gasteiger partial charge in [0.15, 0.2) is 0 Å². The lowest BCUT2D eigenvalue weighted by atomic mass is 10.2. The molecular weight excluding hydrogens is 292 g/mol. The van der Waals surface area contributed by atoms with Gasteiger partial charge in [-0.3, -0.25) is 4.21 Å². The van der Waals surface area contributed by atoms with Gasteiger partial charge in [0.05, 0.1) is 13.2 Å². The van der Waals surface area contributed by atoms with Crippen LogP contribution in [0.25, 0.3) is 0 Å². The van der Waals surface area contributed by atoms with Gasteiger partial charge in [0.1, 0.15) is 0 Å². The quantitative estimate of drug-likeness (QED) is 0.777. The largest absolute Gasteiger partial charge is 0.378 e. The lowest BCUT2D eigenvalue weighted by molar-refractivity contribution is 0.122. The number of anilines is 3. The third kappa shape index (κ3) is 3.79. The number of morpholine rings is 1. The van der Waals surface area contributed by atoms with Crippen molar-refractivity contribution >= 4 is 28.6 Å². The van der Waals surface area contributed by atoms with Gasteiger partial charge in [-0.1, -0.05) is 0 Å². The summed E-state index contributed by atoms with van der Waals surface area (Å²) in [4.78, 5) is 14.8. The number of nitrogens with zero attached hydrogens (tertiary/aromatic N) is 4. The topological polar surface area (TPSA) is 106 Å². The van der Waals surface area contributed by atoms with Gasteiger partial charge in [0.2, 0.25) is 17.8 Å². The van der Waals surface area contributed by atoms with Crippen molar-refractivity contribution in [1.82, 2.24) is 15.0 Å². The maximum atomic E-state index is 11.4. The van der Waals surface area contributed by atoms with Crippen LogP contribution in [0.3, 0.4) is 0 Å². The van der Waals surface area contributed by atoms with E-state index in [4.69, 9.17) is 10.5 Å². The fraction of sp³-hybridized carbons (Fsp3) is 0.750. The van der Waals surface area contributed by atoms with Crippen molar-refractivity contribution in [2.24, 2.45) is 0 Å². The number of nitrogens with one attached hydrogen (secondary N) is 1. The Labute approximate surface area is 126 Å². The van der Waals surface area contributed by atoms with E-state index in [0.717, 1.165) is 37.4 Å². The van der Waals surface area contributed by atoms with Crippen molar-refractivity contribution in [1.29, 1.82) is 0 Å². The summed E-state index contributed by atoms with van der Waals surface area (Å²) in [5.41, 5.74) is 5.78. The smallest absolute Gasteiger partial charge is 0.232 e. The molecule has 8 nitrogen and oxygen atoms in total. The first kappa shape index (κ1) is 14.5. The normalized spacial score (nSPS) is 26.6. The van der Waals surface area contributed by atoms with E-state index in [1.54, 1.807) is 0 Å². The van der Waals surface area contributed by atoms with E-state index in [1.165, 1.54) is 0 Å². The summed E-state index contributed by atoms with van der Waals surface area (Å²) in [5.74, 6) is 2.77. The summed E-state index contributed by atoms with van der Waals surface area (Å²) in [5, 5.41) is 3.29. The molecule has 2 aliphatic rings. The second-order valence-electron chi connectivity index (χ2n) is 5.18. The number of nitrogen functional groups attached to an aromatic ring is 1. The number of nitrogens with two attached hydrogens (primary N) is 1. The summed E-state index contributed by atoms with van der Waals surface area (Å²) in [6, 6.07) is 0.252. The standard InChI is InChI=1S/C12H20N6O2S/c13-10-15-11(14-9-1-7-21(19)8-2-9)17-12(16-10)18-3-5-20-6-4-18/h9H,1-8H2,(H3,13,14,15,16,17). The molecule has 0 radical (unpaired) electrons. The van der Waals surface area contributed by atoms with E-state index in [2.05, 4.69) is 20.3 Å². The van der Waals surface area contributed by atoms with Crippen LogP contribution in [0.2, 0.25) is 0 Å². The summed E-state index contributed by atoms with van der Waals surface area (Å²) < 4.78 is 16.7. The predicted molar refractivity (Wildman–Crippen MR) is 81.8 cm³/mol. The second-order valence-corrected chi connectivity index (χ2v) is 6.88. The van der Waals surface area contributed by atoms with Crippen LogP contribution in [0, 0.1) is 0 Å². The van der Waals surface area contributed by atoms with Crippen LogP contribution in [0.15, 0.2) is 0 Å². The molecule has 3 N–H and O–H groups in total. The highest BCUT2D eigenvalue weighted by Crippen LogP contribution is 2.17. The zero-order chi connectivity index (χ0) is 14.7. The average Bonchev–Trinajstić information content (AvgIpc) is 2.50. The van der Waals surface area contributed by atoms with Crippen molar-refractivity contribution in [2.75, 3.05) is 53.8 Å². The van der Waals surface area contributed by atoms with Crippen LogP contribution in [-0.4, -0.2) is 63.0 Å². The van der Waals surface area contributed by atoms with Crippen LogP contribution in [-0.2, 0) is 15.5 Å². The zero-order valence-corrected chi connectivity index (χ0v) is 12.6. The average molecular weight is 312 g/mol. The molecule has 0 aromatic carbocycles. The lowest BCUT2D eigenvalue weighted by Gasteiger charge is -2.27. The van der Waals surface area contributed by atoms with Gasteiger partial charge in [-0.2, -0.15) is 15.0 Å². The van der Waals surface area contributed by atoms with Gasteiger partial charge in [-0.05, 0) is 12.8 Å². The Balaban J connectivity index is 1.70. The van der Waals surface area contributed by atoms with Gasteiger partial charge in [-0.15, -0.1) is 0 Å². The van der Waals surface area contributed by atoms with Crippen LogP contribution < -0.4 is 16.0 Å². The van der Waals surface area contributed by atoms with E-state index in [-0.39, 0.29) is 12.0 Å². The maximum absolute atomic E-state index is 11.4. The number of rotatable bonds is 3. The first-order chi connectivity index (χ1) is 10.2. The van der Waals surface area contributed by atoms with Crippen LogP contribution in [0.5, 0.6) is 0 Å². The number of aromatic nitrogens is 3. The molecular formula is C12H20N6O2S. The van der Waals surface area contributed by atoms with Crippen molar-refractivity contribution in [3.8, 4) is 0 Å². The maximum Gasteiger partial charge on any atom is 0.232 e. The third-order valence-electron chi connectivity index (χ3n) is 3.66. The lowest BCUT2D eigenvalue weighted by Crippen LogP contribution is -2.38. The molecule has 0 saturated carbocycles. The first-order valence-electron chi connectivity index (χ1n) is 7.16. The van der Waals surface area contributed by atoms with E-state index in [0.29, 0.717) is 25.1 Å². The molecule has 3 heterocycles. The van der Waals surface area contributed by atoms with Crippen molar-refractivity contribution in [3.63, 3.8) is 0 Å². The fourth-order valence-corrected chi connectivity index (χ4v) is 3.77. The monoisotopic (exact) mass is 312 g/mol. The Bertz CT molecular complexity index is 512. The van der Waals surface area contributed by atoms with E-state index in [9.17, 15) is 4.21 Å². The molecule has 21 heavy (non-hydrogen) atoms. The minimum atomic E-state index is -0.672. The molecule has 2 fully saturated rings. The highest BCUT2D eigenvalue weighted by atomic mass is 32.2. The summed E-state index contributed by atoms with van der Waals surface area (Å²) in [6.07, 6.45) is 1.73. The summed E-state index contributed by atoms with van der Waals surface area (Å²) in [6.45, 7) is 2.85. The minimum Gasteiger partial charge on any atom is -0.378 e. The second kappa shape index (κ2) is 6.52. The molecule has 2 aliphatic heterocycles. The Morgan fingerprint density at radius 3 is 2.62 bits per heavy atom. The Morgan fingerprint density at radius 2 is 1.90 bits per heavy atom. The molecule has 0 bridgehead atoms. The number of hydrogen-bond acceptors (Lipinski definition) is 8. The van der Waals surface area contributed by atoms with Crippen LogP contribution in [0.1, 0.15) is 12.8 Å². The minimum absolute atomic E-state index is 0.216. The fourth-order valence-electron chi connectivity index (χ4n) is 2.47. The van der Waals surface area contributed by atoms with Gasteiger partial charge in [0.25, 0.3) is 0 Å². The Morgan fingerprint density at radius 1 is 1.19 bits per heavy atom. The molecule has 0 unspecified atom stereocenters. The van der Waals surface area contributed by atoms with Gasteiger partial charge in [-0.25, -0.2) is 0 Å². The van der Waals surface area contributed by atoms with E-state index in [1.807, 2.05) is 4.90 Å². The molecule has 0 amide bonds. The molecule has 0 aliphatic carbocycles. The molecule has 1 aromatic rings. The molecule has 0 atom stereocenters. The van der Waals surface area contributed by atoms with E-state index < -0.39 is 10.8 Å². The molecule has 9 heteroatoms. The van der Waals surface area contributed by atoms with Crippen molar-refractivity contribution in [2.45, 2.75) is 18.9 Å². The molecule has 2 saturated heterocycles. The molecule has 1 aromatic heterocycles. The SMILES string of the molecule is Nc1nc(NC2CCS(=O)CC2)nc(N2CCOCC2)n1. The molecule has 3 rings (SSSR count). The molecule has 116 valence electrons. The highest BCUT2D eigenvalue weighted by molar-refractivity contribution is 7.85. The van der Waals surface area contributed by atoms with Crippen LogP contribution >= 0.6 is 0 Å². The van der Waals surface area contributed by atoms with Crippen LogP contribution in [0.4, 0.5) is 17.8 Å². The zero-order valence-electron chi connectivity index (χ0n) is 11.8. The van der Waals surface area contributed by atoms with Gasteiger partial charge < -0.3 is 20.7 Å². The first-order valence-corrected chi connectivity index (χ1v) is 8.65. The van der Waals surface area contributed by atoms with Crippen molar-refractivity contribution in [3.05, 3.63) is 0 Å². The molecule has 0 spiro atoms. The number of hydrogen-bond donors (Lipinski definition) is 2. The Kier molecular flexibility index (Phi) is 4.49. The number of ether oxygens (including phenoxy) is 1. The Hall–Kier alpha value is -1.48. The predicted octanol–water partition coefficient (Wildman–Crippen LogP) is -0.387. The summed E-state index contributed by atoms with van der Waals surface area (Å²) >= 11 is 0.